The first-order valence-corrected chi connectivity index (χ1v) is 11.3. The molecular weight excluding hydrogens is 415 g/mol. The van der Waals surface area contributed by atoms with Crippen LogP contribution in [0.4, 0.5) is 10.2 Å². The molecule has 2 aromatic heterocycles. The first kappa shape index (κ1) is 19.7. The summed E-state index contributed by atoms with van der Waals surface area (Å²) in [7, 11) is -2.44. The molecule has 1 aliphatic rings. The lowest BCUT2D eigenvalue weighted by molar-refractivity contribution is 0.379. The molecule has 3 aromatic rings. The Bertz CT molecular complexity index is 1080. The van der Waals surface area contributed by atoms with E-state index in [9.17, 15) is 12.8 Å². The van der Waals surface area contributed by atoms with Crippen molar-refractivity contribution in [2.75, 3.05) is 38.2 Å². The topological polar surface area (TPSA) is 75.6 Å². The lowest BCUT2D eigenvalue weighted by atomic mass is 10.3. The van der Waals surface area contributed by atoms with E-state index in [1.54, 1.807) is 11.3 Å². The molecule has 10 heteroatoms. The third kappa shape index (κ3) is 3.96. The molecule has 3 heterocycles. The van der Waals surface area contributed by atoms with Crippen LogP contribution in [0.3, 0.4) is 0 Å². The number of nitrogens with zero attached hydrogens (tertiary/aromatic N) is 4. The third-order valence-electron chi connectivity index (χ3n) is 4.75. The summed E-state index contributed by atoms with van der Waals surface area (Å²) in [5.41, 5.74) is 0.812. The Morgan fingerprint density at radius 3 is 2.45 bits per heavy atom. The maximum absolute atomic E-state index is 13.9. The van der Waals surface area contributed by atoms with Gasteiger partial charge in [0.2, 0.25) is 10.0 Å². The van der Waals surface area contributed by atoms with Gasteiger partial charge in [-0.15, -0.1) is 21.5 Å². The zero-order valence-corrected chi connectivity index (χ0v) is 17.3. The minimum Gasteiger partial charge on any atom is -0.494 e. The van der Waals surface area contributed by atoms with Gasteiger partial charge in [0.25, 0.3) is 0 Å². The van der Waals surface area contributed by atoms with Crippen LogP contribution in [-0.4, -0.2) is 56.2 Å². The Morgan fingerprint density at radius 1 is 1.07 bits per heavy atom. The third-order valence-corrected chi connectivity index (χ3v) is 7.53. The fraction of sp³-hybridized carbons (Fsp3) is 0.263. The van der Waals surface area contributed by atoms with Crippen LogP contribution in [0.5, 0.6) is 5.75 Å². The highest BCUT2D eigenvalue weighted by molar-refractivity contribution is 7.89. The Kier molecular flexibility index (Phi) is 5.48. The van der Waals surface area contributed by atoms with Crippen molar-refractivity contribution in [1.29, 1.82) is 0 Å². The molecule has 1 fully saturated rings. The zero-order chi connectivity index (χ0) is 20.4. The highest BCUT2D eigenvalue weighted by Gasteiger charge is 2.29. The van der Waals surface area contributed by atoms with Crippen molar-refractivity contribution < 1.29 is 17.5 Å². The number of rotatable bonds is 5. The van der Waals surface area contributed by atoms with Crippen molar-refractivity contribution in [3.8, 4) is 16.3 Å². The van der Waals surface area contributed by atoms with E-state index in [1.165, 1.54) is 23.5 Å². The van der Waals surface area contributed by atoms with Gasteiger partial charge in [0.1, 0.15) is 5.69 Å². The van der Waals surface area contributed by atoms with Gasteiger partial charge >= 0.3 is 0 Å². The Morgan fingerprint density at radius 2 is 1.86 bits per heavy atom. The van der Waals surface area contributed by atoms with Crippen LogP contribution in [0, 0.1) is 5.82 Å². The van der Waals surface area contributed by atoms with Crippen molar-refractivity contribution in [3.05, 3.63) is 53.7 Å². The number of hydrogen-bond acceptors (Lipinski definition) is 7. The molecule has 0 unspecified atom stereocenters. The minimum absolute atomic E-state index is 0.0124. The van der Waals surface area contributed by atoms with E-state index < -0.39 is 15.8 Å². The highest BCUT2D eigenvalue weighted by atomic mass is 32.2. The first-order chi connectivity index (χ1) is 14.0. The van der Waals surface area contributed by atoms with E-state index in [1.807, 2.05) is 34.5 Å². The molecule has 1 saturated heterocycles. The van der Waals surface area contributed by atoms with Crippen molar-refractivity contribution in [2.24, 2.45) is 0 Å². The Balaban J connectivity index is 1.44. The lowest BCUT2D eigenvalue weighted by Crippen LogP contribution is -2.49. The molecule has 29 heavy (non-hydrogen) atoms. The quantitative estimate of drug-likeness (QED) is 0.615. The summed E-state index contributed by atoms with van der Waals surface area (Å²) in [4.78, 5) is 2.96. The van der Waals surface area contributed by atoms with Gasteiger partial charge in [-0.05, 0) is 41.8 Å². The van der Waals surface area contributed by atoms with Crippen LogP contribution >= 0.6 is 11.3 Å². The number of benzene rings is 1. The van der Waals surface area contributed by atoms with Crippen molar-refractivity contribution in [3.63, 3.8) is 0 Å². The summed E-state index contributed by atoms with van der Waals surface area (Å²) in [6.45, 7) is 1.52. The molecule has 0 amide bonds. The maximum atomic E-state index is 13.9. The summed E-state index contributed by atoms with van der Waals surface area (Å²) < 4.78 is 45.8. The van der Waals surface area contributed by atoms with Crippen LogP contribution in [0.15, 0.2) is 52.7 Å². The average Bonchev–Trinajstić information content (AvgIpc) is 3.29. The molecule has 0 bridgehead atoms. The maximum Gasteiger partial charge on any atom is 0.243 e. The smallest absolute Gasteiger partial charge is 0.243 e. The van der Waals surface area contributed by atoms with Gasteiger partial charge in [-0.2, -0.15) is 4.31 Å². The number of aromatic nitrogens is 2. The van der Waals surface area contributed by atoms with E-state index in [0.29, 0.717) is 18.9 Å². The number of thiophene rings is 1. The summed E-state index contributed by atoms with van der Waals surface area (Å²) in [5, 5.41) is 10.5. The predicted molar refractivity (Wildman–Crippen MR) is 109 cm³/mol. The van der Waals surface area contributed by atoms with Crippen LogP contribution < -0.4 is 9.64 Å². The molecule has 0 spiro atoms. The molecule has 4 rings (SSSR count). The summed E-state index contributed by atoms with van der Waals surface area (Å²) in [6.07, 6.45) is 0. The van der Waals surface area contributed by atoms with Crippen LogP contribution in [0.2, 0.25) is 0 Å². The number of piperazine rings is 1. The average molecular weight is 435 g/mol. The highest BCUT2D eigenvalue weighted by Crippen LogP contribution is 2.26. The Hall–Kier alpha value is -2.56. The van der Waals surface area contributed by atoms with Gasteiger partial charge in [-0.1, -0.05) is 6.07 Å². The normalized spacial score (nSPS) is 15.4. The fourth-order valence-corrected chi connectivity index (χ4v) is 5.29. The van der Waals surface area contributed by atoms with Crippen LogP contribution in [0.25, 0.3) is 10.6 Å². The molecule has 1 aliphatic heterocycles. The molecular formula is C19H19FN4O3S2. The van der Waals surface area contributed by atoms with Gasteiger partial charge in [0, 0.05) is 26.2 Å². The molecule has 0 N–H and O–H groups in total. The zero-order valence-electron chi connectivity index (χ0n) is 15.7. The van der Waals surface area contributed by atoms with Crippen molar-refractivity contribution in [2.45, 2.75) is 4.90 Å². The number of methoxy groups -OCH3 is 1. The van der Waals surface area contributed by atoms with Gasteiger partial charge in [0.05, 0.1) is 16.9 Å². The van der Waals surface area contributed by atoms with E-state index in [4.69, 9.17) is 4.74 Å². The molecule has 0 atom stereocenters. The summed E-state index contributed by atoms with van der Waals surface area (Å²) in [6, 6.07) is 11.4. The SMILES string of the molecule is COc1ccc(S(=O)(=O)N2CCN(c3ccc(-c4cccs4)nn3)CC2)cc1F. The standard InChI is InChI=1S/C19H19FN4O3S2/c1-27-17-6-4-14(13-15(17)20)29(25,26)24-10-8-23(9-11-24)19-7-5-16(21-22-19)18-3-2-12-28-18/h2-7,12-13H,8-11H2,1H3. The largest absolute Gasteiger partial charge is 0.494 e. The van der Waals surface area contributed by atoms with Crippen LogP contribution in [-0.2, 0) is 10.0 Å². The number of hydrogen-bond donors (Lipinski definition) is 0. The second kappa shape index (κ2) is 8.05. The predicted octanol–water partition coefficient (Wildman–Crippen LogP) is 2.86. The fourth-order valence-electron chi connectivity index (χ4n) is 3.16. The summed E-state index contributed by atoms with van der Waals surface area (Å²) >= 11 is 1.60. The van der Waals surface area contributed by atoms with Gasteiger partial charge in [0.15, 0.2) is 17.4 Å². The number of anilines is 1. The van der Waals surface area contributed by atoms with Gasteiger partial charge < -0.3 is 9.64 Å². The van der Waals surface area contributed by atoms with E-state index in [0.717, 1.165) is 16.6 Å². The van der Waals surface area contributed by atoms with Crippen molar-refractivity contribution in [1.82, 2.24) is 14.5 Å². The second-order valence-electron chi connectivity index (χ2n) is 6.44. The lowest BCUT2D eigenvalue weighted by Gasteiger charge is -2.34. The van der Waals surface area contributed by atoms with Crippen LogP contribution in [0.1, 0.15) is 0 Å². The van der Waals surface area contributed by atoms with Gasteiger partial charge in [-0.3, -0.25) is 0 Å². The van der Waals surface area contributed by atoms with E-state index in [-0.39, 0.29) is 23.7 Å². The monoisotopic (exact) mass is 434 g/mol. The number of halogens is 1. The van der Waals surface area contributed by atoms with Crippen molar-refractivity contribution >= 4 is 27.2 Å². The van der Waals surface area contributed by atoms with Gasteiger partial charge in [-0.25, -0.2) is 12.8 Å². The van der Waals surface area contributed by atoms with E-state index >= 15 is 0 Å². The molecule has 1 aromatic carbocycles. The number of ether oxygens (including phenoxy) is 1. The van der Waals surface area contributed by atoms with E-state index in [2.05, 4.69) is 10.2 Å². The summed E-state index contributed by atoms with van der Waals surface area (Å²) in [5.74, 6) is 0.0181. The minimum atomic E-state index is -3.78. The molecule has 0 radical (unpaired) electrons. The Labute approximate surface area is 172 Å². The molecule has 152 valence electrons. The molecule has 7 nitrogen and oxygen atoms in total. The number of sulfonamides is 1. The second-order valence-corrected chi connectivity index (χ2v) is 9.33. The molecule has 0 aliphatic carbocycles. The molecule has 0 saturated carbocycles. The first-order valence-electron chi connectivity index (χ1n) is 8.95.